The molecule has 0 saturated carbocycles. The average Bonchev–Trinajstić information content (AvgIpc) is 2.84. The second kappa shape index (κ2) is 7.07. The molecule has 1 aromatic heterocycles. The first kappa shape index (κ1) is 16.6. The third-order valence-electron chi connectivity index (χ3n) is 3.49. The quantitative estimate of drug-likeness (QED) is 0.447. The normalized spacial score (nSPS) is 13.5. The number of hydrogen-bond acceptors (Lipinski definition) is 4. The highest BCUT2D eigenvalue weighted by atomic mass is 35.5. The zero-order chi connectivity index (χ0) is 16.4. The first-order valence-corrected chi connectivity index (χ1v) is 9.06. The van der Waals surface area contributed by atoms with Crippen molar-refractivity contribution >= 4 is 46.7 Å². The van der Waals surface area contributed by atoms with Gasteiger partial charge in [0.05, 0.1) is 13.0 Å². The number of amides is 1. The second-order valence-corrected chi connectivity index (χ2v) is 7.09. The van der Waals surface area contributed by atoms with E-state index in [1.807, 2.05) is 24.3 Å². The highest BCUT2D eigenvalue weighted by Gasteiger charge is 2.32. The van der Waals surface area contributed by atoms with E-state index in [4.69, 9.17) is 23.2 Å². The number of fused-ring (bicyclic) bond motifs is 1. The van der Waals surface area contributed by atoms with Crippen LogP contribution in [0.15, 0.2) is 29.4 Å². The Morgan fingerprint density at radius 2 is 1.96 bits per heavy atom. The maximum Gasteiger partial charge on any atom is 0.233 e. The molecule has 0 fully saturated rings. The van der Waals surface area contributed by atoms with Crippen molar-refractivity contribution < 1.29 is 4.79 Å². The molecule has 1 aliphatic rings. The van der Waals surface area contributed by atoms with Gasteiger partial charge in [-0.15, -0.1) is 0 Å². The number of anilines is 1. The van der Waals surface area contributed by atoms with Crippen LogP contribution in [0, 0.1) is 0 Å². The van der Waals surface area contributed by atoms with Gasteiger partial charge in [-0.1, -0.05) is 54.0 Å². The van der Waals surface area contributed by atoms with Crippen LogP contribution in [0.5, 0.6) is 0 Å². The standard InChI is InChI=1S/C16H15Cl2N3OS/c1-2-7-23-16-19-14(18)12-8-13(22)21(15(12)20-16)9-10-3-5-11(17)6-4-10/h3-6H,2,7-9H2,1H3. The Morgan fingerprint density at radius 3 is 2.65 bits per heavy atom. The van der Waals surface area contributed by atoms with Crippen LogP contribution in [0.1, 0.15) is 24.5 Å². The van der Waals surface area contributed by atoms with E-state index in [9.17, 15) is 4.79 Å². The highest BCUT2D eigenvalue weighted by molar-refractivity contribution is 7.99. The molecule has 2 heterocycles. The van der Waals surface area contributed by atoms with Crippen LogP contribution in [0.4, 0.5) is 5.82 Å². The molecule has 0 bridgehead atoms. The Labute approximate surface area is 149 Å². The maximum absolute atomic E-state index is 12.3. The number of carbonyl (C=O) groups is 1. The average molecular weight is 368 g/mol. The van der Waals surface area contributed by atoms with E-state index in [1.54, 1.807) is 16.7 Å². The first-order chi connectivity index (χ1) is 11.1. The molecule has 1 aliphatic heterocycles. The molecular formula is C16H15Cl2N3OS. The highest BCUT2D eigenvalue weighted by Crippen LogP contribution is 2.34. The van der Waals surface area contributed by atoms with Crippen molar-refractivity contribution in [3.05, 3.63) is 45.6 Å². The van der Waals surface area contributed by atoms with Crippen LogP contribution in [-0.2, 0) is 17.8 Å². The summed E-state index contributed by atoms with van der Waals surface area (Å²) >= 11 is 13.7. The molecule has 23 heavy (non-hydrogen) atoms. The van der Waals surface area contributed by atoms with Crippen LogP contribution in [-0.4, -0.2) is 21.6 Å². The number of benzene rings is 1. The summed E-state index contributed by atoms with van der Waals surface area (Å²) in [4.78, 5) is 22.8. The van der Waals surface area contributed by atoms with Gasteiger partial charge in [0.1, 0.15) is 11.0 Å². The molecule has 0 aliphatic carbocycles. The van der Waals surface area contributed by atoms with Gasteiger partial charge in [0.2, 0.25) is 5.91 Å². The first-order valence-electron chi connectivity index (χ1n) is 7.32. The summed E-state index contributed by atoms with van der Waals surface area (Å²) in [5.74, 6) is 1.53. The third kappa shape index (κ3) is 3.62. The minimum Gasteiger partial charge on any atom is -0.292 e. The SMILES string of the molecule is CCCSc1nc(Cl)c2c(n1)N(Cc1ccc(Cl)cc1)C(=O)C2. The van der Waals surface area contributed by atoms with Gasteiger partial charge in [-0.25, -0.2) is 9.97 Å². The van der Waals surface area contributed by atoms with Crippen molar-refractivity contribution in [2.45, 2.75) is 31.5 Å². The molecule has 0 spiro atoms. The van der Waals surface area contributed by atoms with E-state index in [-0.39, 0.29) is 12.3 Å². The lowest BCUT2D eigenvalue weighted by atomic mass is 10.2. The lowest BCUT2D eigenvalue weighted by molar-refractivity contribution is -0.117. The number of rotatable bonds is 5. The van der Waals surface area contributed by atoms with Gasteiger partial charge in [0.15, 0.2) is 5.16 Å². The molecule has 0 unspecified atom stereocenters. The van der Waals surface area contributed by atoms with Crippen LogP contribution < -0.4 is 4.90 Å². The molecule has 7 heteroatoms. The van der Waals surface area contributed by atoms with Crippen LogP contribution in [0.3, 0.4) is 0 Å². The number of carbonyl (C=O) groups excluding carboxylic acids is 1. The fourth-order valence-electron chi connectivity index (χ4n) is 2.36. The van der Waals surface area contributed by atoms with Crippen molar-refractivity contribution in [3.63, 3.8) is 0 Å². The Morgan fingerprint density at radius 1 is 1.22 bits per heavy atom. The number of thioether (sulfide) groups is 1. The van der Waals surface area contributed by atoms with Gasteiger partial charge in [0, 0.05) is 16.3 Å². The van der Waals surface area contributed by atoms with E-state index in [1.165, 1.54) is 0 Å². The molecule has 0 radical (unpaired) electrons. The lowest BCUT2D eigenvalue weighted by Gasteiger charge is -2.17. The van der Waals surface area contributed by atoms with Crippen LogP contribution in [0.25, 0.3) is 0 Å². The van der Waals surface area contributed by atoms with E-state index in [0.29, 0.717) is 33.3 Å². The van der Waals surface area contributed by atoms with E-state index < -0.39 is 0 Å². The topological polar surface area (TPSA) is 46.1 Å². The summed E-state index contributed by atoms with van der Waals surface area (Å²) in [7, 11) is 0. The van der Waals surface area contributed by atoms with Crippen LogP contribution in [0.2, 0.25) is 10.2 Å². The summed E-state index contributed by atoms with van der Waals surface area (Å²) in [6, 6.07) is 7.44. The Balaban J connectivity index is 1.90. The summed E-state index contributed by atoms with van der Waals surface area (Å²) in [6.45, 7) is 2.55. The smallest absolute Gasteiger partial charge is 0.233 e. The van der Waals surface area contributed by atoms with Crippen molar-refractivity contribution in [2.24, 2.45) is 0 Å². The number of halogens is 2. The summed E-state index contributed by atoms with van der Waals surface area (Å²) < 4.78 is 0. The van der Waals surface area contributed by atoms with Gasteiger partial charge >= 0.3 is 0 Å². The molecule has 120 valence electrons. The zero-order valence-corrected chi connectivity index (χ0v) is 14.9. The minimum atomic E-state index is -0.0104. The predicted octanol–water partition coefficient (Wildman–Crippen LogP) is 4.37. The zero-order valence-electron chi connectivity index (χ0n) is 12.6. The molecule has 4 nitrogen and oxygen atoms in total. The molecule has 1 amide bonds. The Hall–Kier alpha value is -1.30. The lowest BCUT2D eigenvalue weighted by Crippen LogP contribution is -2.26. The minimum absolute atomic E-state index is 0.0104. The van der Waals surface area contributed by atoms with Gasteiger partial charge in [-0.05, 0) is 24.1 Å². The van der Waals surface area contributed by atoms with Crippen molar-refractivity contribution in [3.8, 4) is 0 Å². The number of nitrogens with zero attached hydrogens (tertiary/aromatic N) is 3. The van der Waals surface area contributed by atoms with Gasteiger partial charge in [0.25, 0.3) is 0 Å². The Kier molecular flexibility index (Phi) is 5.09. The van der Waals surface area contributed by atoms with Crippen LogP contribution >= 0.6 is 35.0 Å². The second-order valence-electron chi connectivity index (χ2n) is 5.23. The van der Waals surface area contributed by atoms with Gasteiger partial charge < -0.3 is 0 Å². The van der Waals surface area contributed by atoms with E-state index in [0.717, 1.165) is 17.7 Å². The third-order valence-corrected chi connectivity index (χ3v) is 5.11. The molecule has 1 aromatic carbocycles. The molecule has 0 saturated heterocycles. The summed E-state index contributed by atoms with van der Waals surface area (Å²) in [5.41, 5.74) is 1.71. The molecule has 3 rings (SSSR count). The van der Waals surface area contributed by atoms with Gasteiger partial charge in [-0.3, -0.25) is 9.69 Å². The molecule has 0 N–H and O–H groups in total. The number of aromatic nitrogens is 2. The summed E-state index contributed by atoms with van der Waals surface area (Å²) in [5, 5.41) is 1.66. The summed E-state index contributed by atoms with van der Waals surface area (Å²) in [6.07, 6.45) is 1.27. The molecular weight excluding hydrogens is 353 g/mol. The van der Waals surface area contributed by atoms with E-state index in [2.05, 4.69) is 16.9 Å². The maximum atomic E-state index is 12.3. The fraction of sp³-hybridized carbons (Fsp3) is 0.312. The Bertz CT molecular complexity index is 737. The molecule has 0 atom stereocenters. The monoisotopic (exact) mass is 367 g/mol. The van der Waals surface area contributed by atoms with E-state index >= 15 is 0 Å². The molecule has 2 aromatic rings. The fourth-order valence-corrected chi connectivity index (χ4v) is 3.46. The van der Waals surface area contributed by atoms with Crippen molar-refractivity contribution in [2.75, 3.05) is 10.7 Å². The predicted molar refractivity (Wildman–Crippen MR) is 94.4 cm³/mol. The number of hydrogen-bond donors (Lipinski definition) is 0. The largest absolute Gasteiger partial charge is 0.292 e. The van der Waals surface area contributed by atoms with Crippen molar-refractivity contribution in [1.82, 2.24) is 9.97 Å². The van der Waals surface area contributed by atoms with Crippen molar-refractivity contribution in [1.29, 1.82) is 0 Å². The van der Waals surface area contributed by atoms with Gasteiger partial charge in [-0.2, -0.15) is 0 Å².